The summed E-state index contributed by atoms with van der Waals surface area (Å²) >= 11 is 0. The van der Waals surface area contributed by atoms with Crippen molar-refractivity contribution < 1.29 is 4.74 Å². The summed E-state index contributed by atoms with van der Waals surface area (Å²) in [6, 6.07) is 15.2. The lowest BCUT2D eigenvalue weighted by molar-refractivity contribution is -0.0379. The first-order valence-corrected chi connectivity index (χ1v) is 7.34. The molecule has 0 spiro atoms. The van der Waals surface area contributed by atoms with Crippen LogP contribution in [0.4, 0.5) is 5.69 Å². The molecular formula is C18H19NO. The zero-order valence-corrected chi connectivity index (χ0v) is 11.6. The average Bonchev–Trinajstić information content (AvgIpc) is 2.85. The third-order valence-electron chi connectivity index (χ3n) is 4.79. The van der Waals surface area contributed by atoms with Crippen LogP contribution in [0.1, 0.15) is 28.7 Å². The first-order chi connectivity index (χ1) is 9.78. The maximum Gasteiger partial charge on any atom is 0.0670 e. The molecule has 1 fully saturated rings. The van der Waals surface area contributed by atoms with Crippen LogP contribution in [0.5, 0.6) is 0 Å². The molecule has 0 saturated carbocycles. The summed E-state index contributed by atoms with van der Waals surface area (Å²) < 4.78 is 5.57. The first-order valence-electron chi connectivity index (χ1n) is 7.34. The molecule has 2 aliphatic rings. The minimum Gasteiger partial charge on any atom is -0.399 e. The number of benzene rings is 2. The third kappa shape index (κ3) is 1.68. The first kappa shape index (κ1) is 12.0. The summed E-state index contributed by atoms with van der Waals surface area (Å²) in [5, 5.41) is 0. The van der Waals surface area contributed by atoms with E-state index in [4.69, 9.17) is 10.5 Å². The summed E-state index contributed by atoms with van der Waals surface area (Å²) in [5.41, 5.74) is 12.5. The Morgan fingerprint density at radius 2 is 1.70 bits per heavy atom. The average molecular weight is 265 g/mol. The van der Waals surface area contributed by atoms with Crippen molar-refractivity contribution in [3.05, 3.63) is 64.7 Å². The number of rotatable bonds is 2. The van der Waals surface area contributed by atoms with Gasteiger partial charge in [0.2, 0.25) is 0 Å². The Balaban J connectivity index is 1.81. The van der Waals surface area contributed by atoms with Gasteiger partial charge in [-0.15, -0.1) is 0 Å². The van der Waals surface area contributed by atoms with Crippen molar-refractivity contribution in [2.24, 2.45) is 0 Å². The van der Waals surface area contributed by atoms with Crippen molar-refractivity contribution in [1.82, 2.24) is 0 Å². The van der Waals surface area contributed by atoms with E-state index >= 15 is 0 Å². The van der Waals surface area contributed by atoms with E-state index in [2.05, 4.69) is 30.3 Å². The molecule has 2 aromatic rings. The minimum atomic E-state index is 0.00694. The van der Waals surface area contributed by atoms with Crippen LogP contribution in [0, 0.1) is 0 Å². The van der Waals surface area contributed by atoms with Crippen LogP contribution >= 0.6 is 0 Å². The molecule has 1 saturated heterocycles. The summed E-state index contributed by atoms with van der Waals surface area (Å²) in [5.74, 6) is 0. The number of aryl methyl sites for hydroxylation is 2. The molecule has 0 atom stereocenters. The molecule has 2 heteroatoms. The fourth-order valence-electron chi connectivity index (χ4n) is 3.51. The Kier molecular flexibility index (Phi) is 2.61. The van der Waals surface area contributed by atoms with Gasteiger partial charge in [-0.05, 0) is 53.6 Å². The number of nitrogens with two attached hydrogens (primary N) is 1. The Morgan fingerprint density at radius 1 is 0.900 bits per heavy atom. The second kappa shape index (κ2) is 4.35. The highest BCUT2D eigenvalue weighted by atomic mass is 16.5. The normalized spacial score (nSPS) is 19.4. The van der Waals surface area contributed by atoms with Gasteiger partial charge in [-0.3, -0.25) is 0 Å². The Labute approximate surface area is 119 Å². The Bertz CT molecular complexity index is 658. The summed E-state index contributed by atoms with van der Waals surface area (Å²) in [7, 11) is 0. The molecule has 0 amide bonds. The SMILES string of the molecule is Nc1cccc(C2(c3ccc4c(c3)CCC4)COC2)c1. The fraction of sp³-hybridized carbons (Fsp3) is 0.333. The number of nitrogen functional groups attached to an aromatic ring is 1. The molecule has 1 aliphatic carbocycles. The van der Waals surface area contributed by atoms with Gasteiger partial charge < -0.3 is 10.5 Å². The second-order valence-corrected chi connectivity index (χ2v) is 6.04. The molecule has 1 heterocycles. The quantitative estimate of drug-likeness (QED) is 0.847. The maximum absolute atomic E-state index is 5.96. The van der Waals surface area contributed by atoms with E-state index < -0.39 is 0 Å². The monoisotopic (exact) mass is 265 g/mol. The predicted molar refractivity (Wildman–Crippen MR) is 80.9 cm³/mol. The summed E-state index contributed by atoms with van der Waals surface area (Å²) in [4.78, 5) is 0. The standard InChI is InChI=1S/C18H19NO/c19-17-6-2-5-15(10-17)18(11-20-12-18)16-8-7-13-3-1-4-14(13)9-16/h2,5-10H,1,3-4,11-12,19H2. The van der Waals surface area contributed by atoms with E-state index in [9.17, 15) is 0 Å². The van der Waals surface area contributed by atoms with Gasteiger partial charge in [0.25, 0.3) is 0 Å². The van der Waals surface area contributed by atoms with Gasteiger partial charge in [0, 0.05) is 5.69 Å². The number of hydrogen-bond donors (Lipinski definition) is 1. The summed E-state index contributed by atoms with van der Waals surface area (Å²) in [6.45, 7) is 1.52. The van der Waals surface area contributed by atoms with Gasteiger partial charge in [-0.1, -0.05) is 30.3 Å². The van der Waals surface area contributed by atoms with E-state index in [1.807, 2.05) is 12.1 Å². The number of fused-ring (bicyclic) bond motifs is 1. The van der Waals surface area contributed by atoms with Crippen LogP contribution in [0.2, 0.25) is 0 Å². The lowest BCUT2D eigenvalue weighted by Gasteiger charge is -2.43. The highest BCUT2D eigenvalue weighted by Gasteiger charge is 2.42. The molecule has 2 nitrogen and oxygen atoms in total. The van der Waals surface area contributed by atoms with Crippen molar-refractivity contribution in [2.45, 2.75) is 24.7 Å². The van der Waals surface area contributed by atoms with E-state index in [-0.39, 0.29) is 5.41 Å². The third-order valence-corrected chi connectivity index (χ3v) is 4.79. The van der Waals surface area contributed by atoms with Crippen LogP contribution in [0.15, 0.2) is 42.5 Å². The molecule has 1 aliphatic heterocycles. The van der Waals surface area contributed by atoms with Crippen LogP contribution in [0.3, 0.4) is 0 Å². The highest BCUT2D eigenvalue weighted by Crippen LogP contribution is 2.41. The van der Waals surface area contributed by atoms with Gasteiger partial charge in [0.15, 0.2) is 0 Å². The predicted octanol–water partition coefficient (Wildman–Crippen LogP) is 3.07. The van der Waals surface area contributed by atoms with Gasteiger partial charge >= 0.3 is 0 Å². The fourth-order valence-corrected chi connectivity index (χ4v) is 3.51. The van der Waals surface area contributed by atoms with Crippen LogP contribution in [-0.2, 0) is 23.0 Å². The van der Waals surface area contributed by atoms with E-state index in [0.717, 1.165) is 18.9 Å². The second-order valence-electron chi connectivity index (χ2n) is 6.04. The molecule has 2 N–H and O–H groups in total. The van der Waals surface area contributed by atoms with Crippen LogP contribution < -0.4 is 5.73 Å². The van der Waals surface area contributed by atoms with Crippen molar-refractivity contribution >= 4 is 5.69 Å². The number of hydrogen-bond acceptors (Lipinski definition) is 2. The smallest absolute Gasteiger partial charge is 0.0670 e. The lowest BCUT2D eigenvalue weighted by Crippen LogP contribution is -2.47. The van der Waals surface area contributed by atoms with Gasteiger partial charge in [-0.2, -0.15) is 0 Å². The molecule has 0 radical (unpaired) electrons. The van der Waals surface area contributed by atoms with Gasteiger partial charge in [-0.25, -0.2) is 0 Å². The van der Waals surface area contributed by atoms with Crippen LogP contribution in [0.25, 0.3) is 0 Å². The van der Waals surface area contributed by atoms with E-state index in [0.29, 0.717) is 0 Å². The Hall–Kier alpha value is -1.80. The zero-order chi connectivity index (χ0) is 13.6. The van der Waals surface area contributed by atoms with E-state index in [1.165, 1.54) is 41.5 Å². The molecular weight excluding hydrogens is 246 g/mol. The molecule has 2 aromatic carbocycles. The zero-order valence-electron chi connectivity index (χ0n) is 11.6. The van der Waals surface area contributed by atoms with Crippen molar-refractivity contribution in [2.75, 3.05) is 18.9 Å². The number of ether oxygens (including phenoxy) is 1. The molecule has 0 unspecified atom stereocenters. The van der Waals surface area contributed by atoms with Crippen molar-refractivity contribution in [3.8, 4) is 0 Å². The molecule has 0 aromatic heterocycles. The topological polar surface area (TPSA) is 35.2 Å². The molecule has 4 rings (SSSR count). The van der Waals surface area contributed by atoms with Crippen molar-refractivity contribution in [1.29, 1.82) is 0 Å². The minimum absolute atomic E-state index is 0.00694. The molecule has 20 heavy (non-hydrogen) atoms. The summed E-state index contributed by atoms with van der Waals surface area (Å²) in [6.07, 6.45) is 3.75. The van der Waals surface area contributed by atoms with Crippen molar-refractivity contribution in [3.63, 3.8) is 0 Å². The maximum atomic E-state index is 5.96. The van der Waals surface area contributed by atoms with Gasteiger partial charge in [0.05, 0.1) is 18.6 Å². The van der Waals surface area contributed by atoms with Gasteiger partial charge in [0.1, 0.15) is 0 Å². The Morgan fingerprint density at radius 3 is 2.45 bits per heavy atom. The highest BCUT2D eigenvalue weighted by molar-refractivity contribution is 5.51. The number of anilines is 1. The largest absolute Gasteiger partial charge is 0.399 e. The van der Waals surface area contributed by atoms with Crippen LogP contribution in [-0.4, -0.2) is 13.2 Å². The van der Waals surface area contributed by atoms with E-state index in [1.54, 1.807) is 0 Å². The molecule has 102 valence electrons. The molecule has 0 bridgehead atoms. The lowest BCUT2D eigenvalue weighted by atomic mass is 9.72.